The maximum absolute atomic E-state index is 4.62. The Labute approximate surface area is 136 Å². The SMILES string of the molecule is CCS[C@@H]1CC[C@H](NCc2cn(C)nc2-c2ccncc2)C1. The molecule has 0 amide bonds. The summed E-state index contributed by atoms with van der Waals surface area (Å²) in [6, 6.07) is 4.69. The van der Waals surface area contributed by atoms with Crippen LogP contribution in [-0.2, 0) is 13.6 Å². The first-order valence-corrected chi connectivity index (χ1v) is 9.09. The Bertz CT molecular complexity index is 596. The summed E-state index contributed by atoms with van der Waals surface area (Å²) in [5, 5.41) is 9.19. The van der Waals surface area contributed by atoms with E-state index in [9.17, 15) is 0 Å². The number of hydrogen-bond donors (Lipinski definition) is 1. The molecule has 2 aromatic rings. The van der Waals surface area contributed by atoms with E-state index in [4.69, 9.17) is 0 Å². The van der Waals surface area contributed by atoms with Crippen LogP contribution in [0.25, 0.3) is 11.3 Å². The van der Waals surface area contributed by atoms with Gasteiger partial charge in [-0.05, 0) is 37.1 Å². The lowest BCUT2D eigenvalue weighted by atomic mass is 10.1. The molecule has 22 heavy (non-hydrogen) atoms. The van der Waals surface area contributed by atoms with Crippen molar-refractivity contribution < 1.29 is 0 Å². The Morgan fingerprint density at radius 3 is 2.91 bits per heavy atom. The highest BCUT2D eigenvalue weighted by Crippen LogP contribution is 2.30. The van der Waals surface area contributed by atoms with E-state index in [0.29, 0.717) is 6.04 Å². The number of nitrogens with zero attached hydrogens (tertiary/aromatic N) is 3. The van der Waals surface area contributed by atoms with Crippen LogP contribution in [0.3, 0.4) is 0 Å². The quantitative estimate of drug-likeness (QED) is 0.888. The molecule has 0 spiro atoms. The van der Waals surface area contributed by atoms with Crippen molar-refractivity contribution in [3.05, 3.63) is 36.3 Å². The van der Waals surface area contributed by atoms with Gasteiger partial charge in [0, 0.05) is 54.6 Å². The molecule has 2 atom stereocenters. The molecule has 1 aliphatic carbocycles. The van der Waals surface area contributed by atoms with E-state index in [0.717, 1.165) is 23.1 Å². The lowest BCUT2D eigenvalue weighted by Crippen LogP contribution is -2.26. The van der Waals surface area contributed by atoms with Crippen molar-refractivity contribution in [1.29, 1.82) is 0 Å². The van der Waals surface area contributed by atoms with Crippen LogP contribution in [0.2, 0.25) is 0 Å². The van der Waals surface area contributed by atoms with Gasteiger partial charge in [0.25, 0.3) is 0 Å². The van der Waals surface area contributed by atoms with Gasteiger partial charge >= 0.3 is 0 Å². The van der Waals surface area contributed by atoms with E-state index in [1.165, 1.54) is 30.6 Å². The number of rotatable bonds is 6. The second kappa shape index (κ2) is 7.29. The summed E-state index contributed by atoms with van der Waals surface area (Å²) in [7, 11) is 1.98. The number of nitrogens with one attached hydrogen (secondary N) is 1. The van der Waals surface area contributed by atoms with Crippen LogP contribution < -0.4 is 5.32 Å². The zero-order chi connectivity index (χ0) is 15.4. The molecule has 118 valence electrons. The summed E-state index contributed by atoms with van der Waals surface area (Å²) in [5.74, 6) is 1.23. The van der Waals surface area contributed by atoms with Gasteiger partial charge in [-0.1, -0.05) is 6.92 Å². The smallest absolute Gasteiger partial charge is 0.0969 e. The Hall–Kier alpha value is -1.33. The minimum absolute atomic E-state index is 0.648. The zero-order valence-corrected chi connectivity index (χ0v) is 14.1. The molecule has 5 heteroatoms. The van der Waals surface area contributed by atoms with Gasteiger partial charge in [-0.2, -0.15) is 16.9 Å². The van der Waals surface area contributed by atoms with Crippen molar-refractivity contribution in [1.82, 2.24) is 20.1 Å². The van der Waals surface area contributed by atoms with Crippen molar-refractivity contribution in [2.24, 2.45) is 7.05 Å². The number of pyridine rings is 1. The van der Waals surface area contributed by atoms with Crippen molar-refractivity contribution in [3.8, 4) is 11.3 Å². The third kappa shape index (κ3) is 3.70. The minimum atomic E-state index is 0.648. The van der Waals surface area contributed by atoms with Crippen LogP contribution in [0.5, 0.6) is 0 Å². The molecular formula is C17H24N4S. The van der Waals surface area contributed by atoms with Gasteiger partial charge in [0.1, 0.15) is 0 Å². The molecule has 1 aliphatic rings. The monoisotopic (exact) mass is 316 g/mol. The molecule has 3 rings (SSSR count). The fourth-order valence-electron chi connectivity index (χ4n) is 3.19. The van der Waals surface area contributed by atoms with Gasteiger partial charge in [0.15, 0.2) is 0 Å². The average molecular weight is 316 g/mol. The number of thioether (sulfide) groups is 1. The van der Waals surface area contributed by atoms with Crippen LogP contribution in [0.4, 0.5) is 0 Å². The number of aromatic nitrogens is 3. The molecule has 0 unspecified atom stereocenters. The predicted molar refractivity (Wildman–Crippen MR) is 92.8 cm³/mol. The third-order valence-corrected chi connectivity index (χ3v) is 5.46. The van der Waals surface area contributed by atoms with E-state index in [-0.39, 0.29) is 0 Å². The molecule has 0 saturated heterocycles. The number of aryl methyl sites for hydroxylation is 1. The minimum Gasteiger partial charge on any atom is -0.310 e. The van der Waals surface area contributed by atoms with E-state index in [2.05, 4.69) is 40.3 Å². The van der Waals surface area contributed by atoms with E-state index < -0.39 is 0 Å². The van der Waals surface area contributed by atoms with Gasteiger partial charge in [0.05, 0.1) is 5.69 Å². The van der Waals surface area contributed by atoms with Gasteiger partial charge in [-0.3, -0.25) is 9.67 Å². The summed E-state index contributed by atoms with van der Waals surface area (Å²) < 4.78 is 1.90. The fourth-order valence-corrected chi connectivity index (χ4v) is 4.33. The molecule has 0 radical (unpaired) electrons. The second-order valence-corrected chi connectivity index (χ2v) is 7.46. The largest absolute Gasteiger partial charge is 0.310 e. The lowest BCUT2D eigenvalue weighted by molar-refractivity contribution is 0.525. The van der Waals surface area contributed by atoms with Gasteiger partial charge < -0.3 is 5.32 Å². The maximum atomic E-state index is 4.62. The highest BCUT2D eigenvalue weighted by molar-refractivity contribution is 7.99. The Morgan fingerprint density at radius 2 is 2.14 bits per heavy atom. The Balaban J connectivity index is 1.64. The zero-order valence-electron chi connectivity index (χ0n) is 13.3. The van der Waals surface area contributed by atoms with Crippen molar-refractivity contribution in [3.63, 3.8) is 0 Å². The highest BCUT2D eigenvalue weighted by Gasteiger charge is 2.24. The van der Waals surface area contributed by atoms with E-state index in [1.54, 1.807) is 0 Å². The number of hydrogen-bond acceptors (Lipinski definition) is 4. The van der Waals surface area contributed by atoms with Crippen LogP contribution in [-0.4, -0.2) is 31.8 Å². The summed E-state index contributed by atoms with van der Waals surface area (Å²) >= 11 is 2.11. The first kappa shape index (κ1) is 15.6. The molecule has 1 fully saturated rings. The topological polar surface area (TPSA) is 42.7 Å². The summed E-state index contributed by atoms with van der Waals surface area (Å²) in [5.41, 5.74) is 3.47. The van der Waals surface area contributed by atoms with Gasteiger partial charge in [-0.15, -0.1) is 0 Å². The lowest BCUT2D eigenvalue weighted by Gasteiger charge is -2.13. The third-order valence-electron chi connectivity index (χ3n) is 4.23. The predicted octanol–water partition coefficient (Wildman–Crippen LogP) is 3.25. The molecule has 4 nitrogen and oxygen atoms in total. The molecule has 0 bridgehead atoms. The fraction of sp³-hybridized carbons (Fsp3) is 0.529. The molecule has 1 saturated carbocycles. The first-order chi connectivity index (χ1) is 10.8. The van der Waals surface area contributed by atoms with Crippen LogP contribution in [0, 0.1) is 0 Å². The first-order valence-electron chi connectivity index (χ1n) is 8.04. The molecule has 2 heterocycles. The molecule has 2 aromatic heterocycles. The van der Waals surface area contributed by atoms with E-state index >= 15 is 0 Å². The standard InChI is InChI=1S/C17H24N4S/c1-3-22-16-5-4-15(10-16)19-11-14-12-21(2)20-17(14)13-6-8-18-9-7-13/h6-9,12,15-16,19H,3-5,10-11H2,1-2H3/t15-,16+/m0/s1. The molecule has 1 N–H and O–H groups in total. The van der Waals surface area contributed by atoms with Gasteiger partial charge in [-0.25, -0.2) is 0 Å². The summed E-state index contributed by atoms with van der Waals surface area (Å²) in [6.45, 7) is 3.14. The van der Waals surface area contributed by atoms with Crippen LogP contribution >= 0.6 is 11.8 Å². The Kier molecular flexibility index (Phi) is 5.16. The molecule has 0 aliphatic heterocycles. The van der Waals surface area contributed by atoms with Gasteiger partial charge in [0.2, 0.25) is 0 Å². The summed E-state index contributed by atoms with van der Waals surface area (Å²) in [4.78, 5) is 4.09. The Morgan fingerprint density at radius 1 is 1.32 bits per heavy atom. The van der Waals surface area contributed by atoms with Crippen LogP contribution in [0.15, 0.2) is 30.7 Å². The van der Waals surface area contributed by atoms with Crippen molar-refractivity contribution in [2.45, 2.75) is 44.0 Å². The van der Waals surface area contributed by atoms with Crippen molar-refractivity contribution in [2.75, 3.05) is 5.75 Å². The molecule has 0 aromatic carbocycles. The maximum Gasteiger partial charge on any atom is 0.0969 e. The highest BCUT2D eigenvalue weighted by atomic mass is 32.2. The van der Waals surface area contributed by atoms with Crippen molar-refractivity contribution >= 4 is 11.8 Å². The molecular weight excluding hydrogens is 292 g/mol. The second-order valence-electron chi connectivity index (χ2n) is 5.88. The normalized spacial score (nSPS) is 21.4. The average Bonchev–Trinajstić information content (AvgIpc) is 3.13. The van der Waals surface area contributed by atoms with E-state index in [1.807, 2.05) is 36.3 Å². The summed E-state index contributed by atoms with van der Waals surface area (Å²) in [6.07, 6.45) is 9.71. The van der Waals surface area contributed by atoms with Crippen LogP contribution in [0.1, 0.15) is 31.7 Å².